The maximum atomic E-state index is 12.1. The molecule has 0 radical (unpaired) electrons. The summed E-state index contributed by atoms with van der Waals surface area (Å²) in [5.41, 5.74) is -0.973. The number of aromatic nitrogens is 2. The van der Waals surface area contributed by atoms with Gasteiger partial charge in [0.05, 0.1) is 12.1 Å². The van der Waals surface area contributed by atoms with Crippen molar-refractivity contribution in [3.63, 3.8) is 0 Å². The smallest absolute Gasteiger partial charge is 0.328 e. The molecule has 22 heavy (non-hydrogen) atoms. The molecular formula is C15H24N4O3. The fourth-order valence-corrected chi connectivity index (χ4v) is 2.64. The third-order valence-corrected chi connectivity index (χ3v) is 3.98. The van der Waals surface area contributed by atoms with E-state index in [-0.39, 0.29) is 18.6 Å². The molecule has 7 heteroatoms. The molecule has 1 saturated heterocycles. The molecule has 122 valence electrons. The zero-order valence-corrected chi connectivity index (χ0v) is 13.6. The van der Waals surface area contributed by atoms with Crippen molar-refractivity contribution >= 4 is 6.03 Å². The topological polar surface area (TPSA) is 87.2 Å². The summed E-state index contributed by atoms with van der Waals surface area (Å²) in [6, 6.07) is 0.0553. The lowest BCUT2D eigenvalue weighted by molar-refractivity contribution is 0.195. The molecule has 0 aliphatic carbocycles. The second-order valence-corrected chi connectivity index (χ2v) is 6.80. The lowest BCUT2D eigenvalue weighted by atomic mass is 10.1. The molecule has 1 atom stereocenters. The second-order valence-electron chi connectivity index (χ2n) is 6.80. The van der Waals surface area contributed by atoms with Crippen LogP contribution in [0.2, 0.25) is 0 Å². The van der Waals surface area contributed by atoms with E-state index in [4.69, 9.17) is 0 Å². The first-order valence-electron chi connectivity index (χ1n) is 7.60. The Morgan fingerprint density at radius 3 is 2.64 bits per heavy atom. The van der Waals surface area contributed by atoms with Crippen molar-refractivity contribution in [1.29, 1.82) is 0 Å². The van der Waals surface area contributed by atoms with Crippen molar-refractivity contribution < 1.29 is 4.79 Å². The summed E-state index contributed by atoms with van der Waals surface area (Å²) in [6.07, 6.45) is 3.53. The second kappa shape index (κ2) is 5.98. The van der Waals surface area contributed by atoms with Gasteiger partial charge in [0.1, 0.15) is 0 Å². The summed E-state index contributed by atoms with van der Waals surface area (Å²) in [5, 5.41) is 2.76. The van der Waals surface area contributed by atoms with Gasteiger partial charge >= 0.3 is 11.7 Å². The van der Waals surface area contributed by atoms with Crippen LogP contribution in [0, 0.1) is 0 Å². The minimum Gasteiger partial charge on any atom is -0.334 e. The van der Waals surface area contributed by atoms with Crippen LogP contribution in [0.5, 0.6) is 0 Å². The normalized spacial score (nSPS) is 18.5. The minimum atomic E-state index is -0.458. The Balaban J connectivity index is 2.15. The van der Waals surface area contributed by atoms with Gasteiger partial charge in [-0.2, -0.15) is 0 Å². The van der Waals surface area contributed by atoms with Gasteiger partial charge in [-0.05, 0) is 40.5 Å². The molecule has 1 aromatic rings. The van der Waals surface area contributed by atoms with Crippen LogP contribution >= 0.6 is 0 Å². The van der Waals surface area contributed by atoms with Crippen molar-refractivity contribution in [2.45, 2.75) is 58.7 Å². The largest absolute Gasteiger partial charge is 0.334 e. The molecule has 1 unspecified atom stereocenters. The number of nitrogens with one attached hydrogen (secondary N) is 2. The van der Waals surface area contributed by atoms with E-state index in [0.717, 1.165) is 19.4 Å². The standard InChI is InChI=1S/C15H24N4O3/c1-10-6-5-7-18(10)13(21)16-8-11-9-19(15(2,3)4)14(22)17-12(11)20/h9-10H,5-8H2,1-4H3,(H,16,21)(H,17,20,22). The molecule has 2 amide bonds. The van der Waals surface area contributed by atoms with E-state index in [1.807, 2.05) is 27.7 Å². The third kappa shape index (κ3) is 3.40. The highest BCUT2D eigenvalue weighted by Gasteiger charge is 2.25. The Bertz CT molecular complexity index is 669. The summed E-state index contributed by atoms with van der Waals surface area (Å²) < 4.78 is 1.47. The van der Waals surface area contributed by atoms with E-state index in [1.165, 1.54) is 10.8 Å². The summed E-state index contributed by atoms with van der Waals surface area (Å²) in [7, 11) is 0. The zero-order valence-electron chi connectivity index (χ0n) is 13.6. The van der Waals surface area contributed by atoms with Crippen molar-refractivity contribution in [2.75, 3.05) is 6.54 Å². The number of carbonyl (C=O) groups excluding carboxylic acids is 1. The average Bonchev–Trinajstić information content (AvgIpc) is 2.82. The number of H-pyrrole nitrogens is 1. The first-order chi connectivity index (χ1) is 10.2. The number of likely N-dealkylation sites (tertiary alicyclic amines) is 1. The first-order valence-corrected chi connectivity index (χ1v) is 7.60. The van der Waals surface area contributed by atoms with E-state index >= 15 is 0 Å². The fourth-order valence-electron chi connectivity index (χ4n) is 2.64. The van der Waals surface area contributed by atoms with Crippen molar-refractivity contribution in [1.82, 2.24) is 19.8 Å². The number of rotatable bonds is 2. The SMILES string of the molecule is CC1CCCN1C(=O)NCc1cn(C(C)(C)C)c(=O)[nH]c1=O. The van der Waals surface area contributed by atoms with E-state index in [2.05, 4.69) is 10.3 Å². The van der Waals surface area contributed by atoms with Gasteiger partial charge < -0.3 is 10.2 Å². The molecule has 1 aliphatic rings. The molecule has 2 N–H and O–H groups in total. The molecule has 7 nitrogen and oxygen atoms in total. The van der Waals surface area contributed by atoms with Gasteiger partial charge in [0.15, 0.2) is 0 Å². The highest BCUT2D eigenvalue weighted by Crippen LogP contribution is 2.16. The van der Waals surface area contributed by atoms with E-state index < -0.39 is 16.8 Å². The molecule has 0 spiro atoms. The molecule has 0 aromatic carbocycles. The molecule has 2 rings (SSSR count). The van der Waals surface area contributed by atoms with Gasteiger partial charge in [-0.25, -0.2) is 9.59 Å². The molecular weight excluding hydrogens is 284 g/mol. The van der Waals surface area contributed by atoms with Crippen LogP contribution in [-0.2, 0) is 12.1 Å². The summed E-state index contributed by atoms with van der Waals surface area (Å²) in [4.78, 5) is 39.9. The quantitative estimate of drug-likeness (QED) is 0.854. The highest BCUT2D eigenvalue weighted by atomic mass is 16.2. The molecule has 2 heterocycles. The number of urea groups is 1. The molecule has 0 saturated carbocycles. The maximum absolute atomic E-state index is 12.1. The van der Waals surface area contributed by atoms with Gasteiger partial charge in [-0.15, -0.1) is 0 Å². The Morgan fingerprint density at radius 2 is 2.09 bits per heavy atom. The van der Waals surface area contributed by atoms with Gasteiger partial charge in [-0.3, -0.25) is 14.3 Å². The number of carbonyl (C=O) groups is 1. The number of amides is 2. The van der Waals surface area contributed by atoms with Gasteiger partial charge in [0, 0.05) is 24.3 Å². The number of aromatic amines is 1. The third-order valence-electron chi connectivity index (χ3n) is 3.98. The minimum absolute atomic E-state index is 0.105. The van der Waals surface area contributed by atoms with Crippen molar-refractivity contribution in [3.8, 4) is 0 Å². The van der Waals surface area contributed by atoms with E-state index in [9.17, 15) is 14.4 Å². The Morgan fingerprint density at radius 1 is 1.41 bits per heavy atom. The molecule has 1 aromatic heterocycles. The lowest BCUT2D eigenvalue weighted by Gasteiger charge is -2.23. The number of nitrogens with zero attached hydrogens (tertiary/aromatic N) is 2. The van der Waals surface area contributed by atoms with Crippen LogP contribution < -0.4 is 16.6 Å². The zero-order chi connectivity index (χ0) is 16.5. The summed E-state index contributed by atoms with van der Waals surface area (Å²) >= 11 is 0. The lowest BCUT2D eigenvalue weighted by Crippen LogP contribution is -2.44. The molecule has 1 fully saturated rings. The predicted molar refractivity (Wildman–Crippen MR) is 84.0 cm³/mol. The Hall–Kier alpha value is -2.05. The fraction of sp³-hybridized carbons (Fsp3) is 0.667. The van der Waals surface area contributed by atoms with Crippen LogP contribution in [0.1, 0.15) is 46.1 Å². The predicted octanol–water partition coefficient (Wildman–Crippen LogP) is 0.985. The Labute approximate surface area is 129 Å². The number of hydrogen-bond acceptors (Lipinski definition) is 3. The average molecular weight is 308 g/mol. The number of hydrogen-bond donors (Lipinski definition) is 2. The monoisotopic (exact) mass is 308 g/mol. The van der Waals surface area contributed by atoms with Gasteiger partial charge in [0.25, 0.3) is 5.56 Å². The first kappa shape index (κ1) is 16.3. The van der Waals surface area contributed by atoms with Crippen molar-refractivity contribution in [3.05, 3.63) is 32.6 Å². The van der Waals surface area contributed by atoms with E-state index in [0.29, 0.717) is 5.56 Å². The summed E-state index contributed by atoms with van der Waals surface area (Å²) in [6.45, 7) is 8.49. The summed E-state index contributed by atoms with van der Waals surface area (Å²) in [5.74, 6) is 0. The van der Waals surface area contributed by atoms with Crippen LogP contribution in [0.3, 0.4) is 0 Å². The maximum Gasteiger partial charge on any atom is 0.328 e. The van der Waals surface area contributed by atoms with Gasteiger partial charge in [0.2, 0.25) is 0 Å². The van der Waals surface area contributed by atoms with Gasteiger partial charge in [-0.1, -0.05) is 0 Å². The van der Waals surface area contributed by atoms with Crippen LogP contribution in [0.25, 0.3) is 0 Å². The van der Waals surface area contributed by atoms with Crippen LogP contribution in [-0.4, -0.2) is 33.1 Å². The molecule has 1 aliphatic heterocycles. The van der Waals surface area contributed by atoms with Crippen LogP contribution in [0.4, 0.5) is 4.79 Å². The Kier molecular flexibility index (Phi) is 4.44. The van der Waals surface area contributed by atoms with E-state index in [1.54, 1.807) is 4.90 Å². The highest BCUT2D eigenvalue weighted by molar-refractivity contribution is 5.74. The molecule has 0 bridgehead atoms. The van der Waals surface area contributed by atoms with Crippen LogP contribution in [0.15, 0.2) is 15.8 Å². The van der Waals surface area contributed by atoms with Crippen molar-refractivity contribution in [2.24, 2.45) is 0 Å².